The van der Waals surface area contributed by atoms with Gasteiger partial charge in [-0.1, -0.05) is 25.0 Å². The molecule has 1 saturated carbocycles. The number of ether oxygens (including phenoxy) is 2. The summed E-state index contributed by atoms with van der Waals surface area (Å²) in [7, 11) is 3.40. The van der Waals surface area contributed by atoms with E-state index in [0.29, 0.717) is 6.61 Å². The summed E-state index contributed by atoms with van der Waals surface area (Å²) in [6.07, 6.45) is 6.74. The summed E-state index contributed by atoms with van der Waals surface area (Å²) in [5.74, 6) is 3.60. The number of guanidine groups is 1. The number of aryl methyl sites for hydroxylation is 1. The summed E-state index contributed by atoms with van der Waals surface area (Å²) in [5, 5.41) is 11.7. The van der Waals surface area contributed by atoms with Gasteiger partial charge >= 0.3 is 0 Å². The lowest BCUT2D eigenvalue weighted by atomic mass is 9.79. The van der Waals surface area contributed by atoms with E-state index in [1.165, 1.54) is 18.4 Å². The van der Waals surface area contributed by atoms with Crippen molar-refractivity contribution in [2.75, 3.05) is 27.3 Å². The summed E-state index contributed by atoms with van der Waals surface area (Å²) in [5.41, 5.74) is 1.42. The minimum atomic E-state index is 0.0809. The van der Waals surface area contributed by atoms with Gasteiger partial charge in [0, 0.05) is 31.5 Å². The Morgan fingerprint density at radius 3 is 2.88 bits per heavy atom. The number of rotatable bonds is 8. The predicted octanol–water partition coefficient (Wildman–Crippen LogP) is 2.82. The summed E-state index contributed by atoms with van der Waals surface area (Å²) >= 11 is 0. The van der Waals surface area contributed by atoms with Gasteiger partial charge in [-0.05, 0) is 43.9 Å². The Morgan fingerprint density at radius 2 is 2.12 bits per heavy atom. The summed E-state index contributed by atoms with van der Waals surface area (Å²) in [6, 6.07) is 8.80. The maximum atomic E-state index is 5.49. The lowest BCUT2D eigenvalue weighted by Gasteiger charge is -2.30. The molecule has 8 heteroatoms. The molecule has 1 fully saturated rings. The van der Waals surface area contributed by atoms with Gasteiger partial charge in [0.05, 0.1) is 20.2 Å². The van der Waals surface area contributed by atoms with Crippen LogP contribution < -0.4 is 15.4 Å². The van der Waals surface area contributed by atoms with Gasteiger partial charge in [-0.2, -0.15) is 5.10 Å². The van der Waals surface area contributed by atoms with Crippen molar-refractivity contribution in [1.82, 2.24) is 25.4 Å². The van der Waals surface area contributed by atoms with Gasteiger partial charge in [0.2, 0.25) is 0 Å². The van der Waals surface area contributed by atoms with E-state index in [1.807, 2.05) is 10.7 Å². The third-order valence-electron chi connectivity index (χ3n) is 6.64. The molecule has 1 aliphatic heterocycles. The average molecular weight is 441 g/mol. The van der Waals surface area contributed by atoms with Gasteiger partial charge in [0.15, 0.2) is 11.8 Å². The fourth-order valence-electron chi connectivity index (χ4n) is 4.96. The molecule has 0 saturated heterocycles. The van der Waals surface area contributed by atoms with Crippen LogP contribution >= 0.6 is 0 Å². The van der Waals surface area contributed by atoms with E-state index < -0.39 is 0 Å². The summed E-state index contributed by atoms with van der Waals surface area (Å²) in [6.45, 7) is 4.95. The van der Waals surface area contributed by atoms with Crippen LogP contribution in [-0.2, 0) is 29.7 Å². The molecule has 174 valence electrons. The van der Waals surface area contributed by atoms with E-state index >= 15 is 0 Å². The second kappa shape index (κ2) is 10.3. The summed E-state index contributed by atoms with van der Waals surface area (Å²) in [4.78, 5) is 9.65. The second-order valence-corrected chi connectivity index (χ2v) is 8.85. The highest BCUT2D eigenvalue weighted by Gasteiger charge is 2.36. The third-order valence-corrected chi connectivity index (χ3v) is 6.64. The normalized spacial score (nSPS) is 20.1. The Labute approximate surface area is 190 Å². The van der Waals surface area contributed by atoms with Crippen molar-refractivity contribution < 1.29 is 9.47 Å². The first-order valence-corrected chi connectivity index (χ1v) is 11.8. The van der Waals surface area contributed by atoms with Crippen molar-refractivity contribution in [3.63, 3.8) is 0 Å². The van der Waals surface area contributed by atoms with E-state index in [1.54, 1.807) is 14.2 Å². The first kappa shape index (κ1) is 22.6. The molecule has 0 radical (unpaired) electrons. The van der Waals surface area contributed by atoms with Crippen LogP contribution in [0.15, 0.2) is 29.3 Å². The molecular formula is C24H36N6O2. The van der Waals surface area contributed by atoms with Crippen LogP contribution in [-0.4, -0.2) is 54.1 Å². The molecule has 2 aliphatic rings. The van der Waals surface area contributed by atoms with E-state index in [0.717, 1.165) is 68.7 Å². The van der Waals surface area contributed by atoms with Crippen molar-refractivity contribution in [3.05, 3.63) is 41.5 Å². The maximum Gasteiger partial charge on any atom is 0.191 e. The first-order chi connectivity index (χ1) is 15.7. The fraction of sp³-hybridized carbons (Fsp3) is 0.625. The molecule has 2 heterocycles. The van der Waals surface area contributed by atoms with Crippen LogP contribution in [0.3, 0.4) is 0 Å². The Morgan fingerprint density at radius 1 is 1.28 bits per heavy atom. The topological polar surface area (TPSA) is 85.6 Å². The molecule has 1 aliphatic carbocycles. The molecule has 1 unspecified atom stereocenters. The van der Waals surface area contributed by atoms with E-state index in [2.05, 4.69) is 45.8 Å². The number of hydrogen-bond acceptors (Lipinski definition) is 5. The molecule has 4 rings (SSSR count). The molecule has 8 nitrogen and oxygen atoms in total. The van der Waals surface area contributed by atoms with Gasteiger partial charge in [-0.15, -0.1) is 0 Å². The second-order valence-electron chi connectivity index (χ2n) is 8.85. The maximum absolute atomic E-state index is 5.49. The highest BCUT2D eigenvalue weighted by Crippen LogP contribution is 2.42. The number of fused-ring (bicyclic) bond motifs is 1. The van der Waals surface area contributed by atoms with Crippen molar-refractivity contribution in [2.24, 2.45) is 4.99 Å². The molecular weight excluding hydrogens is 404 g/mol. The van der Waals surface area contributed by atoms with Crippen molar-refractivity contribution in [1.29, 1.82) is 0 Å². The molecule has 0 bridgehead atoms. The molecule has 32 heavy (non-hydrogen) atoms. The van der Waals surface area contributed by atoms with Crippen LogP contribution in [0.4, 0.5) is 0 Å². The minimum Gasteiger partial charge on any atom is -0.497 e. The first-order valence-electron chi connectivity index (χ1n) is 11.8. The fourth-order valence-corrected chi connectivity index (χ4v) is 4.96. The van der Waals surface area contributed by atoms with E-state index in [9.17, 15) is 0 Å². The van der Waals surface area contributed by atoms with Gasteiger partial charge < -0.3 is 20.1 Å². The van der Waals surface area contributed by atoms with E-state index in [-0.39, 0.29) is 11.5 Å². The van der Waals surface area contributed by atoms with E-state index in [4.69, 9.17) is 14.5 Å². The number of aromatic nitrogens is 3. The number of benzene rings is 1. The van der Waals surface area contributed by atoms with Crippen LogP contribution in [0.25, 0.3) is 0 Å². The third kappa shape index (κ3) is 5.06. The van der Waals surface area contributed by atoms with Crippen LogP contribution in [0.2, 0.25) is 0 Å². The van der Waals surface area contributed by atoms with Crippen molar-refractivity contribution in [2.45, 2.75) is 70.1 Å². The van der Waals surface area contributed by atoms with Crippen LogP contribution in [0.5, 0.6) is 5.75 Å². The molecule has 1 atom stereocenters. The Hall–Kier alpha value is -2.61. The van der Waals surface area contributed by atoms with Crippen LogP contribution in [0, 0.1) is 0 Å². The monoisotopic (exact) mass is 440 g/mol. The molecule has 1 aromatic heterocycles. The number of nitrogens with zero attached hydrogens (tertiary/aromatic N) is 4. The number of nitrogens with one attached hydrogen (secondary N) is 2. The SMILES string of the molecule is CCNC(=NCC1(c2cccc(OC)c2)CCCC1)NC1CCc2nc(COC)nn2C1. The molecule has 2 N–H and O–H groups in total. The number of aliphatic imine (C=N–C) groups is 1. The van der Waals surface area contributed by atoms with Gasteiger partial charge in [0.1, 0.15) is 18.2 Å². The lowest BCUT2D eigenvalue weighted by molar-refractivity contribution is 0.177. The zero-order chi connectivity index (χ0) is 22.4. The quantitative estimate of drug-likeness (QED) is 0.485. The van der Waals surface area contributed by atoms with Gasteiger partial charge in [-0.25, -0.2) is 9.67 Å². The molecule has 0 amide bonds. The average Bonchev–Trinajstić information content (AvgIpc) is 3.45. The molecule has 1 aromatic carbocycles. The largest absolute Gasteiger partial charge is 0.497 e. The smallest absolute Gasteiger partial charge is 0.191 e. The molecule has 0 spiro atoms. The summed E-state index contributed by atoms with van der Waals surface area (Å²) < 4.78 is 12.7. The standard InChI is InChI=1S/C24H36N6O2/c1-4-25-23(27-19-10-11-22-28-21(16-31-2)29-30(22)15-19)26-17-24(12-5-6-13-24)18-8-7-9-20(14-18)32-3/h7-9,14,19H,4-6,10-13,15-17H2,1-3H3,(H2,25,26,27). The van der Waals surface area contributed by atoms with Crippen molar-refractivity contribution in [3.8, 4) is 5.75 Å². The van der Waals surface area contributed by atoms with Gasteiger partial charge in [0.25, 0.3) is 0 Å². The Balaban J connectivity index is 1.47. The number of methoxy groups -OCH3 is 2. The molecule has 2 aromatic rings. The minimum absolute atomic E-state index is 0.0809. The highest BCUT2D eigenvalue weighted by molar-refractivity contribution is 5.80. The Bertz CT molecular complexity index is 919. The predicted molar refractivity (Wildman–Crippen MR) is 125 cm³/mol. The van der Waals surface area contributed by atoms with Crippen molar-refractivity contribution >= 4 is 5.96 Å². The lowest BCUT2D eigenvalue weighted by Crippen LogP contribution is -2.47. The van der Waals surface area contributed by atoms with Gasteiger partial charge in [-0.3, -0.25) is 4.99 Å². The zero-order valence-electron chi connectivity index (χ0n) is 19.6. The Kier molecular flexibility index (Phi) is 7.29. The zero-order valence-corrected chi connectivity index (χ0v) is 19.6. The number of hydrogen-bond donors (Lipinski definition) is 2. The van der Waals surface area contributed by atoms with Crippen LogP contribution in [0.1, 0.15) is 56.2 Å². The highest BCUT2D eigenvalue weighted by atomic mass is 16.5.